The zero-order chi connectivity index (χ0) is 21.6. The fourth-order valence-electron chi connectivity index (χ4n) is 3.34. The number of nitrogens with one attached hydrogen (secondary N) is 3. The lowest BCUT2D eigenvalue weighted by molar-refractivity contribution is -0.116. The highest BCUT2D eigenvalue weighted by Crippen LogP contribution is 2.22. The third-order valence-corrected chi connectivity index (χ3v) is 4.92. The number of carbonyl (C=O) groups is 2. The Labute approximate surface area is 178 Å². The van der Waals surface area contributed by atoms with Crippen molar-refractivity contribution >= 4 is 34.1 Å². The van der Waals surface area contributed by atoms with Crippen LogP contribution in [0.25, 0.3) is 10.9 Å². The third-order valence-electron chi connectivity index (χ3n) is 4.92. The number of rotatable bonds is 6. The monoisotopic (exact) mass is 411 g/mol. The van der Waals surface area contributed by atoms with E-state index in [-0.39, 0.29) is 11.5 Å². The standard InChI is InChI=1S/C25H21N3O3/c29-23(15-14-17-8-3-1-4-9-17)27-21-12-7-13-22-19(21)16-20(25(31)28-22)24(30)26-18-10-5-2-6-11-18/h1-13,16H,14-15H2,(H,26,30)(H,27,29)(H,28,31). The molecule has 154 valence electrons. The van der Waals surface area contributed by atoms with Crippen molar-refractivity contribution in [1.82, 2.24) is 4.98 Å². The van der Waals surface area contributed by atoms with Gasteiger partial charge in [0.1, 0.15) is 5.56 Å². The molecule has 0 aliphatic rings. The van der Waals surface area contributed by atoms with Gasteiger partial charge >= 0.3 is 0 Å². The largest absolute Gasteiger partial charge is 0.325 e. The van der Waals surface area contributed by atoms with Crippen LogP contribution in [0.1, 0.15) is 22.3 Å². The molecule has 6 nitrogen and oxygen atoms in total. The Morgan fingerprint density at radius 1 is 0.806 bits per heavy atom. The van der Waals surface area contributed by atoms with Gasteiger partial charge in [-0.05, 0) is 42.3 Å². The van der Waals surface area contributed by atoms with Crippen LogP contribution < -0.4 is 16.2 Å². The summed E-state index contributed by atoms with van der Waals surface area (Å²) in [6.45, 7) is 0. The van der Waals surface area contributed by atoms with Gasteiger partial charge in [0.05, 0.1) is 11.2 Å². The molecule has 0 unspecified atom stereocenters. The molecule has 0 saturated carbocycles. The first-order chi connectivity index (χ1) is 15.1. The summed E-state index contributed by atoms with van der Waals surface area (Å²) in [7, 11) is 0. The number of hydrogen-bond donors (Lipinski definition) is 3. The van der Waals surface area contributed by atoms with Gasteiger partial charge in [0.2, 0.25) is 5.91 Å². The predicted molar refractivity (Wildman–Crippen MR) is 122 cm³/mol. The summed E-state index contributed by atoms with van der Waals surface area (Å²) in [5, 5.41) is 6.21. The van der Waals surface area contributed by atoms with Crippen molar-refractivity contribution in [3.8, 4) is 0 Å². The predicted octanol–water partition coefficient (Wildman–Crippen LogP) is 4.35. The summed E-state index contributed by atoms with van der Waals surface area (Å²) in [5.41, 5.74) is 2.24. The molecule has 0 aliphatic carbocycles. The van der Waals surface area contributed by atoms with Crippen LogP contribution in [0.2, 0.25) is 0 Å². The number of para-hydroxylation sites is 1. The van der Waals surface area contributed by atoms with Gasteiger partial charge in [-0.1, -0.05) is 54.6 Å². The Hall–Kier alpha value is -4.19. The van der Waals surface area contributed by atoms with Crippen LogP contribution in [-0.2, 0) is 11.2 Å². The summed E-state index contributed by atoms with van der Waals surface area (Å²) < 4.78 is 0. The molecular formula is C25H21N3O3. The number of amides is 2. The highest BCUT2D eigenvalue weighted by Gasteiger charge is 2.14. The molecule has 31 heavy (non-hydrogen) atoms. The van der Waals surface area contributed by atoms with Gasteiger partial charge in [0, 0.05) is 17.5 Å². The normalized spacial score (nSPS) is 10.6. The second kappa shape index (κ2) is 9.09. The van der Waals surface area contributed by atoms with E-state index in [1.807, 2.05) is 36.4 Å². The van der Waals surface area contributed by atoms with E-state index in [0.29, 0.717) is 35.1 Å². The zero-order valence-electron chi connectivity index (χ0n) is 16.7. The van der Waals surface area contributed by atoms with Crippen LogP contribution in [0.15, 0.2) is 89.7 Å². The van der Waals surface area contributed by atoms with Crippen molar-refractivity contribution in [3.63, 3.8) is 0 Å². The van der Waals surface area contributed by atoms with Gasteiger partial charge in [-0.3, -0.25) is 14.4 Å². The molecule has 1 heterocycles. The fourth-order valence-corrected chi connectivity index (χ4v) is 3.34. The number of hydrogen-bond acceptors (Lipinski definition) is 3. The minimum absolute atomic E-state index is 0.0256. The molecule has 1 aromatic heterocycles. The Morgan fingerprint density at radius 2 is 1.52 bits per heavy atom. The molecule has 0 fully saturated rings. The van der Waals surface area contributed by atoms with Gasteiger partial charge in [-0.15, -0.1) is 0 Å². The maximum atomic E-state index is 12.7. The molecule has 3 N–H and O–H groups in total. The lowest BCUT2D eigenvalue weighted by atomic mass is 10.1. The van der Waals surface area contributed by atoms with Gasteiger partial charge in [-0.2, -0.15) is 0 Å². The highest BCUT2D eigenvalue weighted by atomic mass is 16.2. The van der Waals surface area contributed by atoms with E-state index >= 15 is 0 Å². The summed E-state index contributed by atoms with van der Waals surface area (Å²) in [6, 6.07) is 25.4. The molecule has 3 aromatic carbocycles. The molecule has 2 amide bonds. The molecular weight excluding hydrogens is 390 g/mol. The Kier molecular flexibility index (Phi) is 5.89. The molecule has 0 saturated heterocycles. The minimum atomic E-state index is -0.514. The van der Waals surface area contributed by atoms with Crippen molar-refractivity contribution in [2.45, 2.75) is 12.8 Å². The molecule has 0 radical (unpaired) electrons. The van der Waals surface area contributed by atoms with Gasteiger partial charge < -0.3 is 15.6 Å². The maximum absolute atomic E-state index is 12.7. The number of aromatic amines is 1. The highest BCUT2D eigenvalue weighted by molar-refractivity contribution is 6.08. The Morgan fingerprint density at radius 3 is 2.26 bits per heavy atom. The van der Waals surface area contributed by atoms with Crippen LogP contribution in [0, 0.1) is 0 Å². The molecule has 4 rings (SSSR count). The van der Waals surface area contributed by atoms with Crippen molar-refractivity contribution in [3.05, 3.63) is 106 Å². The molecule has 4 aromatic rings. The van der Waals surface area contributed by atoms with Crippen molar-refractivity contribution in [1.29, 1.82) is 0 Å². The van der Waals surface area contributed by atoms with Crippen LogP contribution >= 0.6 is 0 Å². The minimum Gasteiger partial charge on any atom is -0.325 e. The SMILES string of the molecule is O=C(CCc1ccccc1)Nc1cccc2[nH]c(=O)c(C(=O)Nc3ccccc3)cc12. The quantitative estimate of drug-likeness (QED) is 0.440. The third kappa shape index (κ3) is 4.87. The summed E-state index contributed by atoms with van der Waals surface area (Å²) >= 11 is 0. The lowest BCUT2D eigenvalue weighted by Gasteiger charge is -2.10. The van der Waals surface area contributed by atoms with Crippen LogP contribution in [0.4, 0.5) is 11.4 Å². The second-order valence-electron chi connectivity index (χ2n) is 7.13. The fraction of sp³-hybridized carbons (Fsp3) is 0.0800. The molecule has 0 bridgehead atoms. The van der Waals surface area contributed by atoms with E-state index in [0.717, 1.165) is 5.56 Å². The van der Waals surface area contributed by atoms with Crippen molar-refractivity contribution in [2.24, 2.45) is 0 Å². The Balaban J connectivity index is 1.56. The second-order valence-corrected chi connectivity index (χ2v) is 7.13. The van der Waals surface area contributed by atoms with Crippen LogP contribution in [-0.4, -0.2) is 16.8 Å². The molecule has 6 heteroatoms. The number of H-pyrrole nitrogens is 1. The molecule has 0 atom stereocenters. The smallest absolute Gasteiger partial charge is 0.261 e. The summed E-state index contributed by atoms with van der Waals surface area (Å²) in [4.78, 5) is 40.3. The van der Waals surface area contributed by atoms with Gasteiger partial charge in [0.15, 0.2) is 0 Å². The van der Waals surface area contributed by atoms with Crippen LogP contribution in [0.5, 0.6) is 0 Å². The van der Waals surface area contributed by atoms with E-state index in [2.05, 4.69) is 15.6 Å². The molecule has 0 aliphatic heterocycles. The number of pyridine rings is 1. The maximum Gasteiger partial charge on any atom is 0.261 e. The zero-order valence-corrected chi connectivity index (χ0v) is 16.7. The van der Waals surface area contributed by atoms with Crippen LogP contribution in [0.3, 0.4) is 0 Å². The van der Waals surface area contributed by atoms with E-state index in [9.17, 15) is 14.4 Å². The summed E-state index contributed by atoms with van der Waals surface area (Å²) in [5.74, 6) is -0.655. The average molecular weight is 411 g/mol. The first kappa shape index (κ1) is 20.1. The number of aromatic nitrogens is 1. The Bertz CT molecular complexity index is 1280. The lowest BCUT2D eigenvalue weighted by Crippen LogP contribution is -2.23. The van der Waals surface area contributed by atoms with E-state index in [1.165, 1.54) is 6.07 Å². The van der Waals surface area contributed by atoms with Gasteiger partial charge in [-0.25, -0.2) is 0 Å². The first-order valence-corrected chi connectivity index (χ1v) is 9.96. The number of fused-ring (bicyclic) bond motifs is 1. The van der Waals surface area contributed by atoms with E-state index in [4.69, 9.17) is 0 Å². The topological polar surface area (TPSA) is 91.1 Å². The van der Waals surface area contributed by atoms with Crippen molar-refractivity contribution < 1.29 is 9.59 Å². The number of anilines is 2. The number of benzene rings is 3. The van der Waals surface area contributed by atoms with E-state index < -0.39 is 11.5 Å². The number of aryl methyl sites for hydroxylation is 1. The first-order valence-electron chi connectivity index (χ1n) is 9.96. The summed E-state index contributed by atoms with van der Waals surface area (Å²) in [6.07, 6.45) is 0.949. The number of carbonyl (C=O) groups excluding carboxylic acids is 2. The average Bonchev–Trinajstić information content (AvgIpc) is 2.79. The van der Waals surface area contributed by atoms with E-state index in [1.54, 1.807) is 42.5 Å². The van der Waals surface area contributed by atoms with Crippen molar-refractivity contribution in [2.75, 3.05) is 10.6 Å². The van der Waals surface area contributed by atoms with Gasteiger partial charge in [0.25, 0.3) is 11.5 Å². The molecule has 0 spiro atoms.